The molecule has 0 saturated carbocycles. The molecule has 0 aliphatic carbocycles. The van der Waals surface area contributed by atoms with E-state index in [2.05, 4.69) is 35.5 Å². The number of carbonyl (C=O) groups excluding carboxylic acids is 1. The lowest BCUT2D eigenvalue weighted by Gasteiger charge is -2.15. The first kappa shape index (κ1) is 23.5. The molecule has 1 aliphatic heterocycles. The van der Waals surface area contributed by atoms with Gasteiger partial charge in [-0.05, 0) is 56.9 Å². The molecule has 27 heavy (non-hydrogen) atoms. The van der Waals surface area contributed by atoms with E-state index in [0.29, 0.717) is 26.1 Å². The highest BCUT2D eigenvalue weighted by atomic mass is 127. The fourth-order valence-corrected chi connectivity index (χ4v) is 3.09. The fraction of sp³-hybridized carbons (Fsp3) is 0.600. The van der Waals surface area contributed by atoms with E-state index >= 15 is 0 Å². The Bertz CT molecular complexity index is 602. The van der Waals surface area contributed by atoms with Gasteiger partial charge < -0.3 is 20.3 Å². The van der Waals surface area contributed by atoms with Gasteiger partial charge in [-0.25, -0.2) is 0 Å². The van der Waals surface area contributed by atoms with Crippen LogP contribution in [0.5, 0.6) is 5.75 Å². The second-order valence-corrected chi connectivity index (χ2v) is 6.70. The lowest BCUT2D eigenvalue weighted by atomic mass is 10.1. The molecule has 0 aromatic heterocycles. The van der Waals surface area contributed by atoms with Crippen LogP contribution in [-0.2, 0) is 4.79 Å². The lowest BCUT2D eigenvalue weighted by molar-refractivity contribution is -0.127. The highest BCUT2D eigenvalue weighted by Crippen LogP contribution is 2.15. The van der Waals surface area contributed by atoms with Crippen molar-refractivity contribution in [1.29, 1.82) is 0 Å². The van der Waals surface area contributed by atoms with E-state index in [1.165, 1.54) is 11.1 Å². The zero-order valence-electron chi connectivity index (χ0n) is 16.7. The smallest absolute Gasteiger partial charge is 0.222 e. The van der Waals surface area contributed by atoms with Gasteiger partial charge in [0.1, 0.15) is 12.4 Å². The number of hydrogen-bond donors (Lipinski definition) is 2. The van der Waals surface area contributed by atoms with Gasteiger partial charge in [0, 0.05) is 32.6 Å². The first-order valence-electron chi connectivity index (χ1n) is 9.59. The van der Waals surface area contributed by atoms with Crippen LogP contribution in [0.2, 0.25) is 0 Å². The van der Waals surface area contributed by atoms with Crippen LogP contribution in [0.3, 0.4) is 0 Å². The van der Waals surface area contributed by atoms with Crippen molar-refractivity contribution in [3.8, 4) is 5.75 Å². The van der Waals surface area contributed by atoms with Gasteiger partial charge in [0.15, 0.2) is 5.96 Å². The summed E-state index contributed by atoms with van der Waals surface area (Å²) >= 11 is 0. The van der Waals surface area contributed by atoms with Crippen molar-refractivity contribution in [3.63, 3.8) is 0 Å². The molecule has 1 aromatic rings. The van der Waals surface area contributed by atoms with Crippen molar-refractivity contribution in [2.45, 2.75) is 40.0 Å². The molecule has 0 atom stereocenters. The van der Waals surface area contributed by atoms with E-state index in [9.17, 15) is 4.79 Å². The zero-order chi connectivity index (χ0) is 18.8. The van der Waals surface area contributed by atoms with Crippen molar-refractivity contribution >= 4 is 35.8 Å². The molecular weight excluding hydrogens is 455 g/mol. The molecule has 1 fully saturated rings. The summed E-state index contributed by atoms with van der Waals surface area (Å²) in [6.07, 6.45) is 2.59. The fourth-order valence-electron chi connectivity index (χ4n) is 3.09. The van der Waals surface area contributed by atoms with Gasteiger partial charge in [-0.3, -0.25) is 9.79 Å². The summed E-state index contributed by atoms with van der Waals surface area (Å²) in [4.78, 5) is 18.1. The zero-order valence-corrected chi connectivity index (χ0v) is 19.0. The molecule has 2 N–H and O–H groups in total. The molecule has 1 saturated heterocycles. The van der Waals surface area contributed by atoms with E-state index in [0.717, 1.165) is 44.2 Å². The summed E-state index contributed by atoms with van der Waals surface area (Å²) in [6, 6.07) is 6.23. The molecular formula is C20H33IN4O2. The summed E-state index contributed by atoms with van der Waals surface area (Å²) in [5, 5.41) is 6.53. The van der Waals surface area contributed by atoms with E-state index < -0.39 is 0 Å². The number of hydrogen-bond acceptors (Lipinski definition) is 3. The van der Waals surface area contributed by atoms with Gasteiger partial charge in [-0.15, -0.1) is 24.0 Å². The molecule has 1 aliphatic rings. The minimum absolute atomic E-state index is 0. The van der Waals surface area contributed by atoms with Gasteiger partial charge in [-0.2, -0.15) is 0 Å². The molecule has 1 amide bonds. The third-order valence-electron chi connectivity index (χ3n) is 4.23. The molecule has 152 valence electrons. The predicted octanol–water partition coefficient (Wildman–Crippen LogP) is 2.87. The first-order valence-corrected chi connectivity index (χ1v) is 9.59. The molecule has 6 nitrogen and oxygen atoms in total. The maximum atomic E-state index is 11.6. The third-order valence-corrected chi connectivity index (χ3v) is 4.23. The monoisotopic (exact) mass is 488 g/mol. The number of benzene rings is 1. The van der Waals surface area contributed by atoms with Crippen molar-refractivity contribution in [1.82, 2.24) is 15.5 Å². The Morgan fingerprint density at radius 1 is 1.22 bits per heavy atom. The molecule has 7 heteroatoms. The van der Waals surface area contributed by atoms with Crippen LogP contribution >= 0.6 is 24.0 Å². The van der Waals surface area contributed by atoms with Gasteiger partial charge >= 0.3 is 0 Å². The number of ether oxygens (including phenoxy) is 1. The van der Waals surface area contributed by atoms with Crippen molar-refractivity contribution in [3.05, 3.63) is 29.3 Å². The largest absolute Gasteiger partial charge is 0.492 e. The normalized spacial score (nSPS) is 14.1. The first-order chi connectivity index (χ1) is 12.6. The van der Waals surface area contributed by atoms with E-state index in [4.69, 9.17) is 4.74 Å². The topological polar surface area (TPSA) is 66.0 Å². The number of amides is 1. The number of aliphatic imine (C=N–C) groups is 1. The van der Waals surface area contributed by atoms with E-state index in [1.54, 1.807) is 0 Å². The average Bonchev–Trinajstić information content (AvgIpc) is 2.99. The van der Waals surface area contributed by atoms with E-state index in [-0.39, 0.29) is 29.9 Å². The van der Waals surface area contributed by atoms with Crippen LogP contribution in [0, 0.1) is 13.8 Å². The Kier molecular flexibility index (Phi) is 11.2. The van der Waals surface area contributed by atoms with Crippen LogP contribution in [0.25, 0.3) is 0 Å². The third kappa shape index (κ3) is 8.81. The summed E-state index contributed by atoms with van der Waals surface area (Å²) in [6.45, 7) is 10.7. The summed E-state index contributed by atoms with van der Waals surface area (Å²) in [5.41, 5.74) is 2.42. The number of nitrogens with zero attached hydrogens (tertiary/aromatic N) is 2. The molecule has 2 rings (SSSR count). The van der Waals surface area contributed by atoms with Crippen LogP contribution in [-0.4, -0.2) is 56.1 Å². The van der Waals surface area contributed by atoms with Crippen molar-refractivity contribution in [2.75, 3.05) is 39.3 Å². The van der Waals surface area contributed by atoms with Gasteiger partial charge in [0.05, 0.1) is 6.54 Å². The summed E-state index contributed by atoms with van der Waals surface area (Å²) < 4.78 is 5.81. The second-order valence-electron chi connectivity index (χ2n) is 6.70. The Morgan fingerprint density at radius 3 is 2.59 bits per heavy atom. The molecule has 1 heterocycles. The Labute approximate surface area is 180 Å². The van der Waals surface area contributed by atoms with Gasteiger partial charge in [0.25, 0.3) is 0 Å². The van der Waals surface area contributed by atoms with Gasteiger partial charge in [-0.1, -0.05) is 6.07 Å². The highest BCUT2D eigenvalue weighted by molar-refractivity contribution is 14.0. The highest BCUT2D eigenvalue weighted by Gasteiger charge is 2.18. The second kappa shape index (κ2) is 12.8. The molecule has 1 aromatic carbocycles. The Morgan fingerprint density at radius 2 is 1.96 bits per heavy atom. The van der Waals surface area contributed by atoms with Crippen LogP contribution in [0.1, 0.15) is 37.3 Å². The maximum absolute atomic E-state index is 11.6. The quantitative estimate of drug-likeness (QED) is 0.243. The summed E-state index contributed by atoms with van der Waals surface area (Å²) in [7, 11) is 0. The Hall–Kier alpha value is -1.51. The van der Waals surface area contributed by atoms with Crippen molar-refractivity contribution in [2.24, 2.45) is 4.99 Å². The van der Waals surface area contributed by atoms with Crippen LogP contribution in [0.4, 0.5) is 0 Å². The number of nitrogens with one attached hydrogen (secondary N) is 2. The average molecular weight is 488 g/mol. The number of rotatable bonds is 9. The van der Waals surface area contributed by atoms with E-state index in [1.807, 2.05) is 24.0 Å². The number of guanidine groups is 1. The number of aryl methyl sites for hydroxylation is 2. The number of carbonyl (C=O) groups is 1. The maximum Gasteiger partial charge on any atom is 0.222 e. The molecule has 0 bridgehead atoms. The van der Waals surface area contributed by atoms with Crippen molar-refractivity contribution < 1.29 is 9.53 Å². The minimum Gasteiger partial charge on any atom is -0.492 e. The predicted molar refractivity (Wildman–Crippen MR) is 121 cm³/mol. The Balaban J connectivity index is 0.00000364. The van der Waals surface area contributed by atoms with Gasteiger partial charge in [0.2, 0.25) is 5.91 Å². The standard InChI is InChI=1S/C20H32N4O2.HI/c1-4-21-20(22-8-6-11-24-10-5-7-19(24)25)23-9-12-26-18-14-16(2)13-17(3)15-18;/h13-15H,4-12H2,1-3H3,(H2,21,22,23);1H. The number of halogens is 1. The minimum atomic E-state index is 0. The molecule has 0 unspecified atom stereocenters. The number of likely N-dealkylation sites (tertiary alicyclic amines) is 1. The molecule has 0 spiro atoms. The summed E-state index contributed by atoms with van der Waals surface area (Å²) in [5.74, 6) is 1.98. The SMILES string of the molecule is CCNC(=NCCCN1CCCC1=O)NCCOc1cc(C)cc(C)c1.I. The molecule has 0 radical (unpaired) electrons. The van der Waals surface area contributed by atoms with Crippen LogP contribution in [0.15, 0.2) is 23.2 Å². The lowest BCUT2D eigenvalue weighted by Crippen LogP contribution is -2.39. The van der Waals surface area contributed by atoms with Crippen LogP contribution < -0.4 is 15.4 Å².